The molecule has 5 nitrogen and oxygen atoms in total. The number of anilines is 2. The molecule has 0 saturated carbocycles. The van der Waals surface area contributed by atoms with Crippen LogP contribution in [0, 0.1) is 0 Å². The molecule has 0 unspecified atom stereocenters. The van der Waals surface area contributed by atoms with Crippen LogP contribution in [0.5, 0.6) is 0 Å². The van der Waals surface area contributed by atoms with E-state index in [-0.39, 0.29) is 18.2 Å². The highest BCUT2D eigenvalue weighted by molar-refractivity contribution is 6.04. The molecule has 1 atom stereocenters. The molecular formula is C14H19N3O2. The Labute approximate surface area is 112 Å². The molecule has 1 aliphatic heterocycles. The fourth-order valence-corrected chi connectivity index (χ4v) is 2.00. The van der Waals surface area contributed by atoms with Crippen molar-refractivity contribution in [1.82, 2.24) is 5.32 Å². The zero-order valence-corrected chi connectivity index (χ0v) is 11.0. The van der Waals surface area contributed by atoms with Gasteiger partial charge in [0.25, 0.3) is 0 Å². The first-order valence-corrected chi connectivity index (χ1v) is 6.64. The van der Waals surface area contributed by atoms with E-state index in [1.807, 2.05) is 24.3 Å². The quantitative estimate of drug-likeness (QED) is 0.707. The Hall–Kier alpha value is -2.04. The molecule has 0 fully saturated rings. The minimum Gasteiger partial charge on any atom is -0.372 e. The topological polar surface area (TPSA) is 70.2 Å². The molecule has 3 N–H and O–H groups in total. The molecular weight excluding hydrogens is 242 g/mol. The summed E-state index contributed by atoms with van der Waals surface area (Å²) >= 11 is 0. The third kappa shape index (κ3) is 3.47. The lowest BCUT2D eigenvalue weighted by molar-refractivity contribution is -0.125. The number of hydrogen-bond donors (Lipinski definition) is 3. The van der Waals surface area contributed by atoms with Crippen molar-refractivity contribution >= 4 is 23.2 Å². The number of hydrogen-bond acceptors (Lipinski definition) is 3. The number of carbonyl (C=O) groups excluding carboxylic acids is 2. The van der Waals surface area contributed by atoms with Gasteiger partial charge in [-0.3, -0.25) is 9.59 Å². The Kier molecular flexibility index (Phi) is 4.39. The second kappa shape index (κ2) is 6.22. The van der Waals surface area contributed by atoms with Crippen LogP contribution in [0.25, 0.3) is 0 Å². The maximum absolute atomic E-state index is 11.9. The lowest BCUT2D eigenvalue weighted by atomic mass is 10.1. The van der Waals surface area contributed by atoms with Gasteiger partial charge < -0.3 is 16.0 Å². The van der Waals surface area contributed by atoms with E-state index in [1.54, 1.807) is 0 Å². The van der Waals surface area contributed by atoms with Crippen molar-refractivity contribution in [3.8, 4) is 0 Å². The maximum Gasteiger partial charge on any atom is 0.247 e. The standard InChI is InChI=1S/C14H19N3O2/c1-2-3-8-15-13(18)9-12-14(19)17-11-7-5-4-6-10(11)16-12/h4-7,12,16H,2-3,8-9H2,1H3,(H,15,18)(H,17,19)/t12-/m1/s1. The number of carbonyl (C=O) groups is 2. The normalized spacial score (nSPS) is 17.1. The fourth-order valence-electron chi connectivity index (χ4n) is 2.00. The molecule has 0 aliphatic carbocycles. The molecule has 102 valence electrons. The van der Waals surface area contributed by atoms with Crippen molar-refractivity contribution in [2.45, 2.75) is 32.2 Å². The van der Waals surface area contributed by atoms with Crippen LogP contribution in [0.2, 0.25) is 0 Å². The van der Waals surface area contributed by atoms with Crippen molar-refractivity contribution in [3.63, 3.8) is 0 Å². The predicted molar refractivity (Wildman–Crippen MR) is 75.0 cm³/mol. The zero-order chi connectivity index (χ0) is 13.7. The fraction of sp³-hybridized carbons (Fsp3) is 0.429. The van der Waals surface area contributed by atoms with Gasteiger partial charge in [0.05, 0.1) is 17.8 Å². The molecule has 5 heteroatoms. The van der Waals surface area contributed by atoms with Crippen LogP contribution >= 0.6 is 0 Å². The first kappa shape index (κ1) is 13.4. The average Bonchev–Trinajstić information content (AvgIpc) is 2.40. The second-order valence-corrected chi connectivity index (χ2v) is 4.64. The summed E-state index contributed by atoms with van der Waals surface area (Å²) in [7, 11) is 0. The predicted octanol–water partition coefficient (Wildman–Crippen LogP) is 1.73. The van der Waals surface area contributed by atoms with E-state index in [4.69, 9.17) is 0 Å². The van der Waals surface area contributed by atoms with E-state index in [9.17, 15) is 9.59 Å². The molecule has 1 aromatic carbocycles. The molecule has 2 rings (SSSR count). The molecule has 1 aromatic rings. The largest absolute Gasteiger partial charge is 0.372 e. The Balaban J connectivity index is 1.92. The van der Waals surface area contributed by atoms with Gasteiger partial charge in [0, 0.05) is 6.54 Å². The van der Waals surface area contributed by atoms with Gasteiger partial charge in [-0.05, 0) is 18.6 Å². The molecule has 19 heavy (non-hydrogen) atoms. The number of nitrogens with one attached hydrogen (secondary N) is 3. The highest BCUT2D eigenvalue weighted by atomic mass is 16.2. The number of benzene rings is 1. The summed E-state index contributed by atoms with van der Waals surface area (Å²) in [5.41, 5.74) is 1.61. The maximum atomic E-state index is 11.9. The zero-order valence-electron chi connectivity index (χ0n) is 11.0. The van der Waals surface area contributed by atoms with Crippen molar-refractivity contribution in [3.05, 3.63) is 24.3 Å². The van der Waals surface area contributed by atoms with Gasteiger partial charge in [0.15, 0.2) is 0 Å². The van der Waals surface area contributed by atoms with Crippen molar-refractivity contribution in [2.24, 2.45) is 0 Å². The Morgan fingerprint density at radius 2 is 2.05 bits per heavy atom. The van der Waals surface area contributed by atoms with Crippen molar-refractivity contribution in [1.29, 1.82) is 0 Å². The summed E-state index contributed by atoms with van der Waals surface area (Å²) in [4.78, 5) is 23.6. The lowest BCUT2D eigenvalue weighted by Crippen LogP contribution is -2.42. The van der Waals surface area contributed by atoms with E-state index >= 15 is 0 Å². The summed E-state index contributed by atoms with van der Waals surface area (Å²) in [6, 6.07) is 6.96. The molecule has 0 aromatic heterocycles. The smallest absolute Gasteiger partial charge is 0.247 e. The van der Waals surface area contributed by atoms with E-state index in [0.29, 0.717) is 6.54 Å². The molecule has 0 spiro atoms. The van der Waals surface area contributed by atoms with Crippen molar-refractivity contribution in [2.75, 3.05) is 17.2 Å². The van der Waals surface area contributed by atoms with Gasteiger partial charge in [0.2, 0.25) is 11.8 Å². The van der Waals surface area contributed by atoms with Gasteiger partial charge >= 0.3 is 0 Å². The third-order valence-corrected chi connectivity index (χ3v) is 3.07. The van der Waals surface area contributed by atoms with Crippen LogP contribution in [0.15, 0.2) is 24.3 Å². The van der Waals surface area contributed by atoms with Crippen LogP contribution in [0.3, 0.4) is 0 Å². The van der Waals surface area contributed by atoms with Gasteiger partial charge in [-0.2, -0.15) is 0 Å². The van der Waals surface area contributed by atoms with Crippen LogP contribution < -0.4 is 16.0 Å². The molecule has 0 radical (unpaired) electrons. The van der Waals surface area contributed by atoms with Crippen LogP contribution in [-0.4, -0.2) is 24.4 Å². The molecule has 1 aliphatic rings. The van der Waals surface area contributed by atoms with Gasteiger partial charge in [-0.15, -0.1) is 0 Å². The highest BCUT2D eigenvalue weighted by Crippen LogP contribution is 2.26. The Morgan fingerprint density at radius 3 is 2.79 bits per heavy atom. The summed E-state index contributed by atoms with van der Waals surface area (Å²) in [6.45, 7) is 2.74. The molecule has 0 bridgehead atoms. The average molecular weight is 261 g/mol. The molecule has 1 heterocycles. The number of rotatable bonds is 5. The van der Waals surface area contributed by atoms with Crippen molar-refractivity contribution < 1.29 is 9.59 Å². The lowest BCUT2D eigenvalue weighted by Gasteiger charge is -2.26. The first-order chi connectivity index (χ1) is 9.20. The first-order valence-electron chi connectivity index (χ1n) is 6.64. The molecule has 0 saturated heterocycles. The minimum absolute atomic E-state index is 0.0968. The Bertz CT molecular complexity index is 474. The summed E-state index contributed by atoms with van der Waals surface area (Å²) < 4.78 is 0. The Morgan fingerprint density at radius 1 is 1.32 bits per heavy atom. The molecule has 2 amide bonds. The van der Waals surface area contributed by atoms with Crippen LogP contribution in [-0.2, 0) is 9.59 Å². The number of fused-ring (bicyclic) bond motifs is 1. The van der Waals surface area contributed by atoms with E-state index in [1.165, 1.54) is 0 Å². The van der Waals surface area contributed by atoms with E-state index in [2.05, 4.69) is 22.9 Å². The number of amides is 2. The third-order valence-electron chi connectivity index (χ3n) is 3.07. The van der Waals surface area contributed by atoms with Gasteiger partial charge in [0.1, 0.15) is 6.04 Å². The van der Waals surface area contributed by atoms with Crippen LogP contribution in [0.4, 0.5) is 11.4 Å². The number of para-hydroxylation sites is 2. The van der Waals surface area contributed by atoms with Crippen LogP contribution in [0.1, 0.15) is 26.2 Å². The summed E-state index contributed by atoms with van der Waals surface area (Å²) in [5.74, 6) is -0.259. The van der Waals surface area contributed by atoms with Gasteiger partial charge in [-0.1, -0.05) is 25.5 Å². The summed E-state index contributed by atoms with van der Waals surface area (Å²) in [6.07, 6.45) is 2.15. The van der Waals surface area contributed by atoms with E-state index < -0.39 is 6.04 Å². The monoisotopic (exact) mass is 261 g/mol. The highest BCUT2D eigenvalue weighted by Gasteiger charge is 2.26. The second-order valence-electron chi connectivity index (χ2n) is 4.64. The summed E-state index contributed by atoms with van der Waals surface area (Å²) in [5, 5.41) is 8.71. The van der Waals surface area contributed by atoms with Gasteiger partial charge in [-0.25, -0.2) is 0 Å². The van der Waals surface area contributed by atoms with E-state index in [0.717, 1.165) is 24.2 Å². The minimum atomic E-state index is -0.503. The number of unbranched alkanes of at least 4 members (excludes halogenated alkanes) is 1. The SMILES string of the molecule is CCCCNC(=O)C[C@H]1Nc2ccccc2NC1=O.